The molecule has 1 aromatic carbocycles. The average molecular weight is 320 g/mol. The molecular weight excluding hydrogens is 300 g/mol. The zero-order valence-electron chi connectivity index (χ0n) is 13.4. The van der Waals surface area contributed by atoms with Crippen molar-refractivity contribution in [2.75, 3.05) is 14.2 Å². The zero-order chi connectivity index (χ0) is 16.1. The van der Waals surface area contributed by atoms with E-state index in [1.165, 1.54) is 0 Å². The van der Waals surface area contributed by atoms with Crippen molar-refractivity contribution < 1.29 is 14.6 Å². The van der Waals surface area contributed by atoms with E-state index >= 15 is 0 Å². The Morgan fingerprint density at radius 1 is 1.18 bits per heavy atom. The summed E-state index contributed by atoms with van der Waals surface area (Å²) in [6.07, 6.45) is 1.16. The molecule has 1 N–H and O–H groups in total. The predicted octanol–water partition coefficient (Wildman–Crippen LogP) is 3.58. The fourth-order valence-corrected chi connectivity index (χ4v) is 3.61. The van der Waals surface area contributed by atoms with E-state index in [0.717, 1.165) is 21.1 Å². The Morgan fingerprint density at radius 3 is 2.41 bits per heavy atom. The van der Waals surface area contributed by atoms with E-state index in [-0.39, 0.29) is 5.41 Å². The monoisotopic (exact) mass is 320 g/mol. The van der Waals surface area contributed by atoms with Crippen molar-refractivity contribution in [2.24, 2.45) is 5.41 Å². The molecule has 5 nitrogen and oxygen atoms in total. The smallest absolute Gasteiger partial charge is 0.176 e. The molecule has 0 fully saturated rings. The van der Waals surface area contributed by atoms with Crippen LogP contribution in [0.15, 0.2) is 28.3 Å². The Labute approximate surface area is 133 Å². The van der Waals surface area contributed by atoms with Crippen LogP contribution in [-0.2, 0) is 0 Å². The number of hydrogen-bond donors (Lipinski definition) is 1. The second kappa shape index (κ2) is 5.21. The summed E-state index contributed by atoms with van der Waals surface area (Å²) in [6, 6.07) is 3.69. The average Bonchev–Trinajstić information content (AvgIpc) is 2.82. The largest absolute Gasteiger partial charge is 0.493 e. The lowest BCUT2D eigenvalue weighted by atomic mass is 9.95. The summed E-state index contributed by atoms with van der Waals surface area (Å²) < 4.78 is 12.5. The van der Waals surface area contributed by atoms with Gasteiger partial charge in [-0.25, -0.2) is 4.98 Å². The second-order valence-corrected chi connectivity index (χ2v) is 7.27. The van der Waals surface area contributed by atoms with Gasteiger partial charge in [0, 0.05) is 12.1 Å². The fourth-order valence-electron chi connectivity index (χ4n) is 2.47. The highest BCUT2D eigenvalue weighted by Gasteiger charge is 2.29. The van der Waals surface area contributed by atoms with E-state index in [1.807, 2.05) is 22.8 Å². The Bertz CT molecular complexity index is 759. The first-order valence-electron chi connectivity index (χ1n) is 7.07. The van der Waals surface area contributed by atoms with Gasteiger partial charge in [0.1, 0.15) is 0 Å². The number of aliphatic hydroxyl groups is 1. The maximum absolute atomic E-state index is 10.5. The summed E-state index contributed by atoms with van der Waals surface area (Å²) in [6.45, 7) is 6.38. The minimum atomic E-state index is -0.728. The fraction of sp³-hybridized carbons (Fsp3) is 0.438. The molecule has 2 aromatic rings. The molecule has 118 valence electrons. The van der Waals surface area contributed by atoms with Crippen LogP contribution in [0.4, 0.5) is 0 Å². The van der Waals surface area contributed by atoms with Gasteiger partial charge in [0.2, 0.25) is 0 Å². The van der Waals surface area contributed by atoms with Crippen molar-refractivity contribution in [3.05, 3.63) is 23.1 Å². The van der Waals surface area contributed by atoms with Crippen LogP contribution < -0.4 is 9.47 Å². The molecule has 2 heterocycles. The molecule has 0 spiro atoms. The van der Waals surface area contributed by atoms with Gasteiger partial charge in [-0.2, -0.15) is 0 Å². The lowest BCUT2D eigenvalue weighted by Crippen LogP contribution is -2.17. The minimum absolute atomic E-state index is 0.0234. The number of fused-ring (bicyclic) bond motifs is 3. The first-order valence-corrected chi connectivity index (χ1v) is 7.89. The van der Waals surface area contributed by atoms with Crippen LogP contribution in [0.3, 0.4) is 0 Å². The molecule has 1 aromatic heterocycles. The number of aromatic nitrogens is 2. The summed E-state index contributed by atoms with van der Waals surface area (Å²) in [5, 5.41) is 11.3. The van der Waals surface area contributed by atoms with Crippen LogP contribution in [0.5, 0.6) is 11.5 Å². The lowest BCUT2D eigenvalue weighted by molar-refractivity contribution is 0.146. The van der Waals surface area contributed by atoms with Gasteiger partial charge in [0.05, 0.1) is 25.3 Å². The molecule has 0 saturated carbocycles. The van der Waals surface area contributed by atoms with Gasteiger partial charge in [-0.15, -0.1) is 0 Å². The van der Waals surface area contributed by atoms with Crippen molar-refractivity contribution in [3.63, 3.8) is 0 Å². The molecular formula is C16H20N2O3S. The second-order valence-electron chi connectivity index (χ2n) is 6.26. The molecule has 0 unspecified atom stereocenters. The van der Waals surface area contributed by atoms with E-state index in [0.29, 0.717) is 11.5 Å². The molecule has 1 atom stereocenters. The van der Waals surface area contributed by atoms with Crippen molar-refractivity contribution >= 4 is 22.8 Å². The predicted molar refractivity (Wildman–Crippen MR) is 87.5 cm³/mol. The normalized spacial score (nSPS) is 18.1. The maximum atomic E-state index is 10.5. The molecule has 22 heavy (non-hydrogen) atoms. The van der Waals surface area contributed by atoms with Crippen molar-refractivity contribution in [2.45, 2.75) is 32.2 Å². The number of rotatable bonds is 2. The number of nitrogens with zero attached hydrogens (tertiary/aromatic N) is 2. The summed E-state index contributed by atoms with van der Waals surface area (Å²) in [5.74, 6) is 1.26. The van der Waals surface area contributed by atoms with Gasteiger partial charge in [-0.1, -0.05) is 32.5 Å². The first kappa shape index (κ1) is 15.2. The van der Waals surface area contributed by atoms with Crippen LogP contribution in [0.25, 0.3) is 11.0 Å². The number of benzene rings is 1. The molecule has 0 saturated heterocycles. The van der Waals surface area contributed by atoms with Gasteiger partial charge >= 0.3 is 0 Å². The molecule has 1 aliphatic rings. The number of ether oxygens (including phenoxy) is 2. The number of methoxy groups -OCH3 is 2. The topological polar surface area (TPSA) is 56.5 Å². The van der Waals surface area contributed by atoms with Crippen molar-refractivity contribution in [3.8, 4) is 11.5 Å². The molecule has 1 aliphatic heterocycles. The first-order chi connectivity index (χ1) is 10.3. The van der Waals surface area contributed by atoms with Crippen LogP contribution in [0, 0.1) is 5.41 Å². The highest BCUT2D eigenvalue weighted by molar-refractivity contribution is 8.03. The molecule has 0 radical (unpaired) electrons. The van der Waals surface area contributed by atoms with E-state index in [1.54, 1.807) is 26.0 Å². The Balaban J connectivity index is 2.17. The van der Waals surface area contributed by atoms with Crippen LogP contribution in [0.2, 0.25) is 0 Å². The van der Waals surface area contributed by atoms with E-state index in [9.17, 15) is 5.11 Å². The van der Waals surface area contributed by atoms with Crippen LogP contribution in [-0.4, -0.2) is 28.9 Å². The van der Waals surface area contributed by atoms with Gasteiger partial charge in [-0.3, -0.25) is 4.57 Å². The molecule has 0 amide bonds. The summed E-state index contributed by atoms with van der Waals surface area (Å²) in [4.78, 5) is 5.75. The third kappa shape index (κ3) is 2.36. The Hall–Kier alpha value is -1.66. The molecule has 3 rings (SSSR count). The van der Waals surface area contributed by atoms with E-state index in [4.69, 9.17) is 9.47 Å². The summed E-state index contributed by atoms with van der Waals surface area (Å²) in [5.41, 5.74) is 1.59. The van der Waals surface area contributed by atoms with Crippen molar-refractivity contribution in [1.82, 2.24) is 9.55 Å². The Morgan fingerprint density at radius 2 is 1.82 bits per heavy atom. The highest BCUT2D eigenvalue weighted by atomic mass is 32.2. The number of thioether (sulfide) groups is 1. The number of hydrogen-bond acceptors (Lipinski definition) is 5. The zero-order valence-corrected chi connectivity index (χ0v) is 14.2. The SMILES string of the molecule is COc1cc2nc3n(c2cc1OC)[C@@H](O)C=C(C(C)(C)C)S3. The number of allylic oxidation sites excluding steroid dienone is 1. The third-order valence-electron chi connectivity index (χ3n) is 3.67. The highest BCUT2D eigenvalue weighted by Crippen LogP contribution is 2.46. The molecule has 6 heteroatoms. The quantitative estimate of drug-likeness (QED) is 0.916. The number of imidazole rings is 1. The standard InChI is InChI=1S/C16H20N2O3S/c1-16(2,3)13-8-14(19)18-10-7-12(21-5)11(20-4)6-9(10)17-15(18)22-13/h6-8,14,19H,1-5H3/t14-/m0/s1. The minimum Gasteiger partial charge on any atom is -0.493 e. The Kier molecular flexibility index (Phi) is 3.61. The van der Waals surface area contributed by atoms with Gasteiger partial charge in [0.15, 0.2) is 22.9 Å². The van der Waals surface area contributed by atoms with Crippen LogP contribution >= 0.6 is 11.8 Å². The van der Waals surface area contributed by atoms with Gasteiger partial charge in [0.25, 0.3) is 0 Å². The number of aliphatic hydroxyl groups excluding tert-OH is 1. The summed E-state index contributed by atoms with van der Waals surface area (Å²) >= 11 is 1.59. The summed E-state index contributed by atoms with van der Waals surface area (Å²) in [7, 11) is 3.20. The molecule has 0 aliphatic carbocycles. The van der Waals surface area contributed by atoms with Crippen LogP contribution in [0.1, 0.15) is 27.0 Å². The van der Waals surface area contributed by atoms with E-state index in [2.05, 4.69) is 25.8 Å². The van der Waals surface area contributed by atoms with Gasteiger partial charge in [-0.05, 0) is 16.4 Å². The van der Waals surface area contributed by atoms with Crippen molar-refractivity contribution in [1.29, 1.82) is 0 Å². The van der Waals surface area contributed by atoms with Gasteiger partial charge < -0.3 is 14.6 Å². The maximum Gasteiger partial charge on any atom is 0.176 e. The molecule has 0 bridgehead atoms. The lowest BCUT2D eigenvalue weighted by Gasteiger charge is -2.28. The van der Waals surface area contributed by atoms with E-state index < -0.39 is 6.23 Å². The third-order valence-corrected chi connectivity index (χ3v) is 5.11.